The van der Waals surface area contributed by atoms with E-state index in [9.17, 15) is 9.59 Å². The van der Waals surface area contributed by atoms with E-state index in [1.54, 1.807) is 13.2 Å². The second-order valence-electron chi connectivity index (χ2n) is 4.40. The van der Waals surface area contributed by atoms with Gasteiger partial charge in [0.2, 0.25) is 0 Å². The first-order valence-electron chi connectivity index (χ1n) is 5.93. The van der Waals surface area contributed by atoms with Crippen molar-refractivity contribution < 1.29 is 19.1 Å². The molecule has 1 aliphatic carbocycles. The van der Waals surface area contributed by atoms with E-state index in [1.807, 2.05) is 12.1 Å². The first kappa shape index (κ1) is 12.6. The van der Waals surface area contributed by atoms with Crippen LogP contribution in [-0.2, 0) is 16.0 Å². The van der Waals surface area contributed by atoms with Gasteiger partial charge >= 0.3 is 5.97 Å². The summed E-state index contributed by atoms with van der Waals surface area (Å²) in [5.41, 5.74) is 1.71. The lowest BCUT2D eigenvalue weighted by Crippen LogP contribution is -2.25. The summed E-state index contributed by atoms with van der Waals surface area (Å²) in [5, 5.41) is 0. The van der Waals surface area contributed by atoms with Gasteiger partial charge < -0.3 is 9.47 Å². The maximum atomic E-state index is 12.3. The number of aryl methyl sites for hydroxylation is 1. The number of fused-ring (bicyclic) bond motifs is 1. The van der Waals surface area contributed by atoms with Crippen LogP contribution in [0.4, 0.5) is 0 Å². The molecule has 0 saturated heterocycles. The number of Topliss-reactive ketones (excluding diaryl/α,β-unsaturated/α-hetero) is 1. The van der Waals surface area contributed by atoms with Gasteiger partial charge in [-0.25, -0.2) is 0 Å². The SMILES string of the molecule is COC(=O)CC1CCc2ccc(OC)cc2C1=O. The van der Waals surface area contributed by atoms with Gasteiger partial charge in [-0.15, -0.1) is 0 Å². The maximum Gasteiger partial charge on any atom is 0.306 e. The van der Waals surface area contributed by atoms with Gasteiger partial charge in [-0.05, 0) is 30.5 Å². The van der Waals surface area contributed by atoms with E-state index in [0.29, 0.717) is 17.7 Å². The van der Waals surface area contributed by atoms with Gasteiger partial charge in [-0.2, -0.15) is 0 Å². The molecule has 1 aromatic carbocycles. The van der Waals surface area contributed by atoms with E-state index in [1.165, 1.54) is 7.11 Å². The Bertz CT molecular complexity index is 479. The Labute approximate surface area is 106 Å². The predicted molar refractivity (Wildman–Crippen MR) is 65.8 cm³/mol. The third-order valence-corrected chi connectivity index (χ3v) is 3.36. The smallest absolute Gasteiger partial charge is 0.306 e. The minimum Gasteiger partial charge on any atom is -0.497 e. The first-order valence-corrected chi connectivity index (χ1v) is 5.93. The highest BCUT2D eigenvalue weighted by molar-refractivity contribution is 6.01. The summed E-state index contributed by atoms with van der Waals surface area (Å²) in [6, 6.07) is 5.52. The van der Waals surface area contributed by atoms with Gasteiger partial charge in [0, 0.05) is 11.5 Å². The van der Waals surface area contributed by atoms with Gasteiger partial charge in [-0.1, -0.05) is 6.07 Å². The average Bonchev–Trinajstić information content (AvgIpc) is 2.41. The number of methoxy groups -OCH3 is 2. The standard InChI is InChI=1S/C14H16O4/c1-17-11-6-5-9-3-4-10(7-13(15)18-2)14(16)12(9)8-11/h5-6,8,10H,3-4,7H2,1-2H3. The van der Waals surface area contributed by atoms with Gasteiger partial charge in [0.25, 0.3) is 0 Å². The Morgan fingerprint density at radius 1 is 1.39 bits per heavy atom. The monoisotopic (exact) mass is 248 g/mol. The van der Waals surface area contributed by atoms with Crippen LogP contribution in [0.1, 0.15) is 28.8 Å². The Kier molecular flexibility index (Phi) is 3.65. The second kappa shape index (κ2) is 5.21. The number of carbonyl (C=O) groups excluding carboxylic acids is 2. The zero-order valence-electron chi connectivity index (χ0n) is 10.6. The van der Waals surface area contributed by atoms with Crippen LogP contribution in [0.15, 0.2) is 18.2 Å². The quantitative estimate of drug-likeness (QED) is 0.768. The molecule has 0 heterocycles. The molecule has 0 aromatic heterocycles. The van der Waals surface area contributed by atoms with E-state index in [2.05, 4.69) is 4.74 Å². The van der Waals surface area contributed by atoms with E-state index >= 15 is 0 Å². The van der Waals surface area contributed by atoms with Crippen LogP contribution >= 0.6 is 0 Å². The average molecular weight is 248 g/mol. The minimum atomic E-state index is -0.334. The van der Waals surface area contributed by atoms with Crippen molar-refractivity contribution >= 4 is 11.8 Å². The Hall–Kier alpha value is -1.84. The van der Waals surface area contributed by atoms with Gasteiger partial charge in [-0.3, -0.25) is 9.59 Å². The zero-order chi connectivity index (χ0) is 13.1. The number of benzene rings is 1. The van der Waals surface area contributed by atoms with E-state index < -0.39 is 0 Å². The number of carbonyl (C=O) groups is 2. The third kappa shape index (κ3) is 2.37. The zero-order valence-corrected chi connectivity index (χ0v) is 10.6. The molecule has 0 radical (unpaired) electrons. The van der Waals surface area contributed by atoms with Crippen LogP contribution in [-0.4, -0.2) is 26.0 Å². The Morgan fingerprint density at radius 3 is 2.83 bits per heavy atom. The lowest BCUT2D eigenvalue weighted by atomic mass is 9.81. The highest BCUT2D eigenvalue weighted by atomic mass is 16.5. The number of ether oxygens (including phenoxy) is 2. The number of rotatable bonds is 3. The number of hydrogen-bond acceptors (Lipinski definition) is 4. The first-order chi connectivity index (χ1) is 8.65. The lowest BCUT2D eigenvalue weighted by molar-refractivity contribution is -0.141. The molecular weight excluding hydrogens is 232 g/mol. The number of ketones is 1. The Balaban J connectivity index is 2.23. The highest BCUT2D eigenvalue weighted by Crippen LogP contribution is 2.30. The molecule has 0 saturated carbocycles. The summed E-state index contributed by atoms with van der Waals surface area (Å²) < 4.78 is 9.74. The molecule has 4 nitrogen and oxygen atoms in total. The minimum absolute atomic E-state index is 0.0144. The molecule has 4 heteroatoms. The fourth-order valence-corrected chi connectivity index (χ4v) is 2.29. The molecular formula is C14H16O4. The molecule has 1 aromatic rings. The molecule has 0 aliphatic heterocycles. The molecule has 96 valence electrons. The second-order valence-corrected chi connectivity index (χ2v) is 4.40. The molecule has 1 atom stereocenters. The molecule has 0 amide bonds. The Morgan fingerprint density at radius 2 is 2.17 bits per heavy atom. The molecule has 2 rings (SSSR count). The summed E-state index contributed by atoms with van der Waals surface area (Å²) in [6.45, 7) is 0. The molecule has 0 fully saturated rings. The molecule has 1 unspecified atom stereocenters. The van der Waals surface area contributed by atoms with Crippen molar-refractivity contribution in [3.63, 3.8) is 0 Å². The highest BCUT2D eigenvalue weighted by Gasteiger charge is 2.29. The van der Waals surface area contributed by atoms with Crippen molar-refractivity contribution in [1.82, 2.24) is 0 Å². The molecule has 18 heavy (non-hydrogen) atoms. The normalized spacial score (nSPS) is 18.1. The number of esters is 1. The molecule has 1 aliphatic rings. The van der Waals surface area contributed by atoms with E-state index in [4.69, 9.17) is 4.74 Å². The molecule has 0 N–H and O–H groups in total. The summed E-state index contributed by atoms with van der Waals surface area (Å²) in [5.74, 6) is 0.0816. The van der Waals surface area contributed by atoms with Crippen LogP contribution in [0.2, 0.25) is 0 Å². The van der Waals surface area contributed by atoms with Crippen LogP contribution in [0.5, 0.6) is 5.75 Å². The van der Waals surface area contributed by atoms with Crippen molar-refractivity contribution in [2.24, 2.45) is 5.92 Å². The van der Waals surface area contributed by atoms with Gasteiger partial charge in [0.05, 0.1) is 20.6 Å². The van der Waals surface area contributed by atoms with Crippen molar-refractivity contribution in [1.29, 1.82) is 0 Å². The topological polar surface area (TPSA) is 52.6 Å². The van der Waals surface area contributed by atoms with E-state index in [-0.39, 0.29) is 24.1 Å². The summed E-state index contributed by atoms with van der Waals surface area (Å²) in [7, 11) is 2.91. The van der Waals surface area contributed by atoms with Crippen LogP contribution in [0.3, 0.4) is 0 Å². The van der Waals surface area contributed by atoms with E-state index in [0.717, 1.165) is 12.0 Å². The predicted octanol–water partition coefficient (Wildman–Crippen LogP) is 2.00. The lowest BCUT2D eigenvalue weighted by Gasteiger charge is -2.22. The van der Waals surface area contributed by atoms with Crippen LogP contribution in [0, 0.1) is 5.92 Å². The summed E-state index contributed by atoms with van der Waals surface area (Å²) >= 11 is 0. The largest absolute Gasteiger partial charge is 0.497 e. The fraction of sp³-hybridized carbons (Fsp3) is 0.429. The van der Waals surface area contributed by atoms with Crippen molar-refractivity contribution in [2.45, 2.75) is 19.3 Å². The molecule has 0 bridgehead atoms. The van der Waals surface area contributed by atoms with Crippen molar-refractivity contribution in [2.75, 3.05) is 14.2 Å². The van der Waals surface area contributed by atoms with Crippen LogP contribution in [0.25, 0.3) is 0 Å². The molecule has 0 spiro atoms. The fourth-order valence-electron chi connectivity index (χ4n) is 2.29. The van der Waals surface area contributed by atoms with Gasteiger partial charge in [0.1, 0.15) is 5.75 Å². The van der Waals surface area contributed by atoms with Crippen LogP contribution < -0.4 is 4.74 Å². The maximum absolute atomic E-state index is 12.3. The van der Waals surface area contributed by atoms with Gasteiger partial charge in [0.15, 0.2) is 5.78 Å². The third-order valence-electron chi connectivity index (χ3n) is 3.36. The summed E-state index contributed by atoms with van der Waals surface area (Å²) in [6.07, 6.45) is 1.67. The summed E-state index contributed by atoms with van der Waals surface area (Å²) in [4.78, 5) is 23.5. The van der Waals surface area contributed by atoms with Crippen molar-refractivity contribution in [3.05, 3.63) is 29.3 Å². The van der Waals surface area contributed by atoms with Crippen molar-refractivity contribution in [3.8, 4) is 5.75 Å². The number of hydrogen-bond donors (Lipinski definition) is 0.